The highest BCUT2D eigenvalue weighted by Gasteiger charge is 2.31. The van der Waals surface area contributed by atoms with E-state index in [4.69, 9.17) is 25.7 Å². The van der Waals surface area contributed by atoms with E-state index >= 15 is 0 Å². The minimum Gasteiger partial charge on any atom is -0.444 e. The summed E-state index contributed by atoms with van der Waals surface area (Å²) >= 11 is 0. The van der Waals surface area contributed by atoms with Gasteiger partial charge in [0.2, 0.25) is 31.9 Å². The summed E-state index contributed by atoms with van der Waals surface area (Å²) < 4.78 is 62.4. The smallest absolute Gasteiger partial charge is 0.407 e. The monoisotopic (exact) mass is 971 g/mol. The molecule has 5 amide bonds. The molecule has 0 aliphatic carbocycles. The molecule has 5 heterocycles. The number of alkyl carbamates (subject to hydrolysis) is 3. The van der Waals surface area contributed by atoms with Gasteiger partial charge in [0.1, 0.15) is 16.8 Å². The van der Waals surface area contributed by atoms with Gasteiger partial charge < -0.3 is 56.7 Å². The normalized spacial score (nSPS) is 23.8. The molecule has 5 fully saturated rings. The lowest BCUT2D eigenvalue weighted by Gasteiger charge is -2.21. The van der Waals surface area contributed by atoms with Gasteiger partial charge in [-0.05, 0) is 101 Å². The van der Waals surface area contributed by atoms with Crippen molar-refractivity contribution < 1.29 is 55.0 Å². The lowest BCUT2D eigenvalue weighted by Crippen LogP contribution is -2.41. The third-order valence-corrected chi connectivity index (χ3v) is 12.3. The van der Waals surface area contributed by atoms with Crippen LogP contribution >= 0.6 is 0 Å². The molecular formula is C41H82N10O12S2. The van der Waals surface area contributed by atoms with Gasteiger partial charge in [0.15, 0.2) is 0 Å². The van der Waals surface area contributed by atoms with Crippen LogP contribution in [-0.4, -0.2) is 190 Å². The highest BCUT2D eigenvalue weighted by atomic mass is 32.2. The third-order valence-electron chi connectivity index (χ3n) is 9.80. The van der Waals surface area contributed by atoms with E-state index in [1.54, 1.807) is 37.5 Å². The molecule has 0 unspecified atom stereocenters. The number of nitrogens with zero attached hydrogens (tertiary/aromatic N) is 4. The Morgan fingerprint density at radius 3 is 1.17 bits per heavy atom. The Kier molecular flexibility index (Phi) is 23.9. The lowest BCUT2D eigenvalue weighted by atomic mass is 10.2. The number of nitrogens with two attached hydrogens (primary N) is 2. The number of ether oxygens (including phenoxy) is 3. The van der Waals surface area contributed by atoms with Gasteiger partial charge in [0, 0.05) is 96.9 Å². The minimum absolute atomic E-state index is 0.0127. The quantitative estimate of drug-likeness (QED) is 0.210. The molecule has 0 aromatic rings. The first-order valence-corrected chi connectivity index (χ1v) is 25.8. The van der Waals surface area contributed by atoms with Crippen molar-refractivity contribution in [3.05, 3.63) is 0 Å². The Hall–Kier alpha value is -3.55. The predicted octanol–water partition coefficient (Wildman–Crippen LogP) is 1.09. The molecule has 5 atom stereocenters. The fourth-order valence-corrected chi connectivity index (χ4v) is 8.43. The van der Waals surface area contributed by atoms with Gasteiger partial charge in [-0.25, -0.2) is 39.8 Å². The highest BCUT2D eigenvalue weighted by molar-refractivity contribution is 7.88. The number of carbonyl (C=O) groups excluding carboxylic acids is 5. The summed E-state index contributed by atoms with van der Waals surface area (Å²) in [4.78, 5) is 59.4. The fourth-order valence-electron chi connectivity index (χ4n) is 6.64. The second-order valence-corrected chi connectivity index (χ2v) is 23.8. The molecule has 0 spiro atoms. The average Bonchev–Trinajstić information content (AvgIpc) is 3.94. The predicted molar refractivity (Wildman–Crippen MR) is 249 cm³/mol. The summed E-state index contributed by atoms with van der Waals surface area (Å²) in [5, 5.41) is 11.4. The second-order valence-electron chi connectivity index (χ2n) is 19.9. The summed E-state index contributed by atoms with van der Waals surface area (Å²) in [7, 11) is -6.15. The number of hydrogen-bond donors (Lipinski definition) is 6. The molecule has 24 heteroatoms. The molecule has 0 radical (unpaired) electrons. The molecule has 0 bridgehead atoms. The van der Waals surface area contributed by atoms with Crippen LogP contribution < -0.4 is 32.7 Å². The first-order chi connectivity index (χ1) is 29.5. The number of amides is 5. The van der Waals surface area contributed by atoms with Crippen LogP contribution in [0.25, 0.3) is 0 Å². The molecule has 0 aromatic carbocycles. The Morgan fingerprint density at radius 2 is 0.877 bits per heavy atom. The first-order valence-electron chi connectivity index (χ1n) is 22.1. The molecule has 380 valence electrons. The molecule has 5 saturated heterocycles. The van der Waals surface area contributed by atoms with Crippen LogP contribution in [0.15, 0.2) is 0 Å². The Balaban J connectivity index is 0.000000414. The van der Waals surface area contributed by atoms with Gasteiger partial charge in [0.25, 0.3) is 0 Å². The summed E-state index contributed by atoms with van der Waals surface area (Å²) in [5.41, 5.74) is 9.65. The van der Waals surface area contributed by atoms with Crippen molar-refractivity contribution in [3.63, 3.8) is 0 Å². The average molecular weight is 971 g/mol. The van der Waals surface area contributed by atoms with Crippen LogP contribution in [0.4, 0.5) is 14.4 Å². The standard InChI is InChI=1S/C11H20N2O3.C10H20N2O4S.C9H18N2O2.C6H12N2O.C5H12N2O2S/c1-8(14)13-6-5-9(7-13)12-10(15)16-11(2,3)4;1-10(2,3)16-9(13)11-8-5-6-12(7-8)17(4,14)15;1-9(2,3)13-8(12)11-7-4-5-10-6-7;1-5(9)8-3-2-6(7)4-8;1-10(8,9)7-3-2-5(6)4-7/h9H,5-7H2,1-4H3,(H,12,15);8H,5-7H2,1-4H3,(H,11,13);7,10H,4-6H2,1-3H3,(H,11,12);6H,2-4,7H2,1H3;5H,2-4,6H2,1H3/t9-;8-;7-;6-;5-/m00000/s1. The van der Waals surface area contributed by atoms with E-state index in [-0.39, 0.29) is 48.1 Å². The lowest BCUT2D eigenvalue weighted by molar-refractivity contribution is -0.128. The number of carbonyl (C=O) groups is 5. The van der Waals surface area contributed by atoms with Crippen molar-refractivity contribution in [1.29, 1.82) is 0 Å². The molecule has 0 aromatic heterocycles. The van der Waals surface area contributed by atoms with Gasteiger partial charge in [-0.2, -0.15) is 0 Å². The molecule has 0 saturated carbocycles. The highest BCUT2D eigenvalue weighted by Crippen LogP contribution is 2.15. The van der Waals surface area contributed by atoms with Crippen molar-refractivity contribution in [2.24, 2.45) is 11.5 Å². The van der Waals surface area contributed by atoms with E-state index in [1.165, 1.54) is 28.0 Å². The molecule has 5 aliphatic rings. The maximum atomic E-state index is 11.5. The van der Waals surface area contributed by atoms with Crippen molar-refractivity contribution in [2.45, 2.75) is 155 Å². The van der Waals surface area contributed by atoms with Gasteiger partial charge in [-0.3, -0.25) is 9.59 Å². The zero-order valence-electron chi connectivity index (χ0n) is 41.2. The number of hydrogen-bond acceptors (Lipinski definition) is 15. The van der Waals surface area contributed by atoms with E-state index < -0.39 is 49.0 Å². The SMILES string of the molecule is CC(=O)N1CC[C@H](N)C1.CC(=O)N1CC[C@H](NC(=O)OC(C)(C)C)C1.CC(C)(C)OC(=O)N[C@H]1CCN(S(C)(=O)=O)C1.CC(C)(C)OC(=O)N[C@H]1CCNC1.CS(=O)(=O)N1CC[C@H](N)C1. The Labute approximate surface area is 388 Å². The Morgan fingerprint density at radius 1 is 0.523 bits per heavy atom. The van der Waals surface area contributed by atoms with E-state index in [0.29, 0.717) is 45.7 Å². The van der Waals surface area contributed by atoms with Gasteiger partial charge in [-0.1, -0.05) is 0 Å². The van der Waals surface area contributed by atoms with E-state index in [2.05, 4.69) is 21.3 Å². The molecule has 65 heavy (non-hydrogen) atoms. The summed E-state index contributed by atoms with van der Waals surface area (Å²) in [6, 6.07) is 0.330. The number of likely N-dealkylation sites (tertiary alicyclic amines) is 2. The van der Waals surface area contributed by atoms with Crippen LogP contribution in [-0.2, 0) is 43.8 Å². The largest absolute Gasteiger partial charge is 0.444 e. The molecular weight excluding hydrogens is 889 g/mol. The van der Waals surface area contributed by atoms with Gasteiger partial charge >= 0.3 is 18.3 Å². The van der Waals surface area contributed by atoms with Crippen molar-refractivity contribution >= 4 is 50.1 Å². The number of nitrogens with one attached hydrogen (secondary N) is 4. The van der Waals surface area contributed by atoms with E-state index in [1.807, 2.05) is 41.5 Å². The van der Waals surface area contributed by atoms with E-state index in [0.717, 1.165) is 51.9 Å². The summed E-state index contributed by atoms with van der Waals surface area (Å²) in [6.45, 7) is 26.0. The third kappa shape index (κ3) is 27.6. The van der Waals surface area contributed by atoms with Crippen LogP contribution in [0.5, 0.6) is 0 Å². The topological polar surface area (TPSA) is 294 Å². The van der Waals surface area contributed by atoms with Gasteiger partial charge in [0.05, 0.1) is 18.6 Å². The summed E-state index contributed by atoms with van der Waals surface area (Å²) in [5.74, 6) is 0.191. The van der Waals surface area contributed by atoms with E-state index in [9.17, 15) is 40.8 Å². The van der Waals surface area contributed by atoms with Crippen LogP contribution in [0.3, 0.4) is 0 Å². The van der Waals surface area contributed by atoms with Crippen molar-refractivity contribution in [1.82, 2.24) is 39.7 Å². The molecule has 8 N–H and O–H groups in total. The van der Waals surface area contributed by atoms with Crippen LogP contribution in [0.1, 0.15) is 108 Å². The maximum Gasteiger partial charge on any atom is 0.407 e. The molecule has 5 rings (SSSR count). The minimum atomic E-state index is -3.17. The van der Waals surface area contributed by atoms with Crippen LogP contribution in [0.2, 0.25) is 0 Å². The number of rotatable bonds is 5. The van der Waals surface area contributed by atoms with Crippen molar-refractivity contribution in [2.75, 3.05) is 78.0 Å². The van der Waals surface area contributed by atoms with Crippen LogP contribution in [0, 0.1) is 0 Å². The maximum absolute atomic E-state index is 11.5. The Bertz CT molecular complexity index is 1760. The second kappa shape index (κ2) is 26.1. The molecule has 22 nitrogen and oxygen atoms in total. The first kappa shape index (κ1) is 59.5. The zero-order chi connectivity index (χ0) is 50.1. The molecule has 5 aliphatic heterocycles. The fraction of sp³-hybridized carbons (Fsp3) is 0.878. The van der Waals surface area contributed by atoms with Gasteiger partial charge in [-0.15, -0.1) is 0 Å². The summed E-state index contributed by atoms with van der Waals surface area (Å²) in [6.07, 6.45) is 5.28. The van der Waals surface area contributed by atoms with Crippen molar-refractivity contribution in [3.8, 4) is 0 Å². The number of sulfonamides is 2. The zero-order valence-corrected chi connectivity index (χ0v) is 42.8.